The molecular formula is C12H20O3. The SMILES string of the molecule is CCCCCOC(=O)OC1CC=CCC1. The van der Waals surface area contributed by atoms with Gasteiger partial charge >= 0.3 is 6.16 Å². The molecule has 15 heavy (non-hydrogen) atoms. The zero-order valence-corrected chi connectivity index (χ0v) is 9.41. The van der Waals surface area contributed by atoms with E-state index in [1.165, 1.54) is 0 Å². The molecule has 1 aliphatic rings. The van der Waals surface area contributed by atoms with Gasteiger partial charge in [-0.05, 0) is 19.3 Å². The van der Waals surface area contributed by atoms with E-state index in [0.29, 0.717) is 6.61 Å². The predicted molar refractivity (Wildman–Crippen MR) is 58.7 cm³/mol. The van der Waals surface area contributed by atoms with Gasteiger partial charge in [0.05, 0.1) is 6.61 Å². The highest BCUT2D eigenvalue weighted by atomic mass is 16.7. The average Bonchev–Trinajstić information content (AvgIpc) is 2.26. The molecule has 0 aromatic heterocycles. The van der Waals surface area contributed by atoms with Gasteiger partial charge in [0.25, 0.3) is 0 Å². The zero-order chi connectivity index (χ0) is 10.9. The third-order valence-electron chi connectivity index (χ3n) is 2.45. The number of allylic oxidation sites excluding steroid dienone is 1. The van der Waals surface area contributed by atoms with Crippen LogP contribution in [0.15, 0.2) is 12.2 Å². The van der Waals surface area contributed by atoms with Crippen LogP contribution in [0.4, 0.5) is 4.79 Å². The number of carbonyl (C=O) groups excluding carboxylic acids is 1. The summed E-state index contributed by atoms with van der Waals surface area (Å²) in [4.78, 5) is 11.2. The van der Waals surface area contributed by atoms with E-state index in [2.05, 4.69) is 19.1 Å². The summed E-state index contributed by atoms with van der Waals surface area (Å²) in [6.45, 7) is 2.60. The highest BCUT2D eigenvalue weighted by Gasteiger charge is 2.15. The van der Waals surface area contributed by atoms with Crippen LogP contribution in [-0.2, 0) is 9.47 Å². The summed E-state index contributed by atoms with van der Waals surface area (Å²) in [5, 5.41) is 0. The highest BCUT2D eigenvalue weighted by molar-refractivity contribution is 5.60. The molecule has 0 aliphatic heterocycles. The summed E-state index contributed by atoms with van der Waals surface area (Å²) in [5.41, 5.74) is 0. The van der Waals surface area contributed by atoms with Crippen LogP contribution in [0.3, 0.4) is 0 Å². The van der Waals surface area contributed by atoms with E-state index in [9.17, 15) is 4.79 Å². The molecule has 0 amide bonds. The van der Waals surface area contributed by atoms with Gasteiger partial charge in [-0.2, -0.15) is 0 Å². The Labute approximate surface area is 91.4 Å². The van der Waals surface area contributed by atoms with Crippen molar-refractivity contribution in [1.82, 2.24) is 0 Å². The second-order valence-electron chi connectivity index (χ2n) is 3.83. The fraction of sp³-hybridized carbons (Fsp3) is 0.750. The molecule has 0 heterocycles. The lowest BCUT2D eigenvalue weighted by molar-refractivity contribution is 0.0200. The van der Waals surface area contributed by atoms with Crippen LogP contribution in [0.2, 0.25) is 0 Å². The molecule has 1 atom stereocenters. The number of unbranched alkanes of at least 4 members (excludes halogenated alkanes) is 2. The molecule has 3 heteroatoms. The zero-order valence-electron chi connectivity index (χ0n) is 9.41. The van der Waals surface area contributed by atoms with Crippen LogP contribution in [0.1, 0.15) is 45.4 Å². The van der Waals surface area contributed by atoms with Crippen LogP contribution in [0.5, 0.6) is 0 Å². The van der Waals surface area contributed by atoms with Crippen molar-refractivity contribution >= 4 is 6.16 Å². The molecule has 3 nitrogen and oxygen atoms in total. The Hall–Kier alpha value is -0.990. The molecule has 0 N–H and O–H groups in total. The summed E-state index contributed by atoms with van der Waals surface area (Å²) in [6.07, 6.45) is 9.57. The summed E-state index contributed by atoms with van der Waals surface area (Å²) >= 11 is 0. The molecule has 1 rings (SSSR count). The van der Waals surface area contributed by atoms with E-state index in [1.807, 2.05) is 0 Å². The number of rotatable bonds is 5. The lowest BCUT2D eigenvalue weighted by Crippen LogP contribution is -2.20. The van der Waals surface area contributed by atoms with E-state index < -0.39 is 6.16 Å². The van der Waals surface area contributed by atoms with Crippen molar-refractivity contribution in [3.63, 3.8) is 0 Å². The van der Waals surface area contributed by atoms with Gasteiger partial charge in [-0.1, -0.05) is 31.9 Å². The average molecular weight is 212 g/mol. The molecule has 86 valence electrons. The Morgan fingerprint density at radius 2 is 2.27 bits per heavy atom. The third kappa shape index (κ3) is 5.45. The van der Waals surface area contributed by atoms with Crippen molar-refractivity contribution < 1.29 is 14.3 Å². The van der Waals surface area contributed by atoms with E-state index >= 15 is 0 Å². The molecule has 0 saturated heterocycles. The van der Waals surface area contributed by atoms with E-state index in [0.717, 1.165) is 38.5 Å². The van der Waals surface area contributed by atoms with Gasteiger partial charge in [0.2, 0.25) is 0 Å². The van der Waals surface area contributed by atoms with Crippen molar-refractivity contribution in [2.45, 2.75) is 51.6 Å². The fourth-order valence-electron chi connectivity index (χ4n) is 1.55. The van der Waals surface area contributed by atoms with Crippen molar-refractivity contribution in [3.05, 3.63) is 12.2 Å². The molecule has 1 aliphatic carbocycles. The van der Waals surface area contributed by atoms with Crippen LogP contribution >= 0.6 is 0 Å². The van der Waals surface area contributed by atoms with Gasteiger partial charge in [-0.15, -0.1) is 0 Å². The molecule has 0 aromatic rings. The number of hydrogen-bond donors (Lipinski definition) is 0. The molecule has 0 saturated carbocycles. The maximum atomic E-state index is 11.2. The Balaban J connectivity index is 2.04. The Morgan fingerprint density at radius 1 is 1.40 bits per heavy atom. The van der Waals surface area contributed by atoms with Crippen molar-refractivity contribution in [2.24, 2.45) is 0 Å². The minimum absolute atomic E-state index is 0.0219. The molecule has 0 bridgehead atoms. The first kappa shape index (κ1) is 12.1. The molecule has 0 fully saturated rings. The van der Waals surface area contributed by atoms with E-state index in [4.69, 9.17) is 9.47 Å². The van der Waals surface area contributed by atoms with Gasteiger partial charge in [0, 0.05) is 6.42 Å². The molecule has 1 unspecified atom stereocenters. The van der Waals surface area contributed by atoms with E-state index in [1.54, 1.807) is 0 Å². The molecule has 0 radical (unpaired) electrons. The maximum Gasteiger partial charge on any atom is 0.508 e. The van der Waals surface area contributed by atoms with Crippen molar-refractivity contribution in [2.75, 3.05) is 6.61 Å². The number of carbonyl (C=O) groups is 1. The first-order chi connectivity index (χ1) is 7.33. The quantitative estimate of drug-likeness (QED) is 0.398. The first-order valence-electron chi connectivity index (χ1n) is 5.81. The van der Waals surface area contributed by atoms with Crippen LogP contribution in [-0.4, -0.2) is 18.9 Å². The fourth-order valence-corrected chi connectivity index (χ4v) is 1.55. The van der Waals surface area contributed by atoms with Gasteiger partial charge in [0.15, 0.2) is 0 Å². The highest BCUT2D eigenvalue weighted by Crippen LogP contribution is 2.14. The lowest BCUT2D eigenvalue weighted by Gasteiger charge is -2.17. The maximum absolute atomic E-state index is 11.2. The molecule has 0 aromatic carbocycles. The molecule has 0 spiro atoms. The summed E-state index contributed by atoms with van der Waals surface area (Å²) < 4.78 is 10.1. The largest absolute Gasteiger partial charge is 0.508 e. The normalized spacial score (nSPS) is 19.9. The van der Waals surface area contributed by atoms with Crippen LogP contribution in [0, 0.1) is 0 Å². The van der Waals surface area contributed by atoms with Gasteiger partial charge in [-0.25, -0.2) is 4.79 Å². The number of ether oxygens (including phenoxy) is 2. The Kier molecular flexibility index (Phi) is 5.90. The first-order valence-corrected chi connectivity index (χ1v) is 5.81. The van der Waals surface area contributed by atoms with Crippen molar-refractivity contribution in [3.8, 4) is 0 Å². The Bertz CT molecular complexity index is 211. The summed E-state index contributed by atoms with van der Waals surface area (Å²) in [7, 11) is 0. The van der Waals surface area contributed by atoms with Crippen molar-refractivity contribution in [1.29, 1.82) is 0 Å². The number of hydrogen-bond acceptors (Lipinski definition) is 3. The predicted octanol–water partition coefficient (Wildman–Crippen LogP) is 3.44. The molecular weight excluding hydrogens is 192 g/mol. The van der Waals surface area contributed by atoms with Gasteiger partial charge in [0.1, 0.15) is 6.10 Å². The summed E-state index contributed by atoms with van der Waals surface area (Å²) in [6, 6.07) is 0. The van der Waals surface area contributed by atoms with Gasteiger partial charge < -0.3 is 9.47 Å². The minimum Gasteiger partial charge on any atom is -0.434 e. The van der Waals surface area contributed by atoms with Crippen LogP contribution in [0.25, 0.3) is 0 Å². The second kappa shape index (κ2) is 7.32. The van der Waals surface area contributed by atoms with E-state index in [-0.39, 0.29) is 6.10 Å². The smallest absolute Gasteiger partial charge is 0.434 e. The topological polar surface area (TPSA) is 35.5 Å². The Morgan fingerprint density at radius 3 is 2.93 bits per heavy atom. The third-order valence-corrected chi connectivity index (χ3v) is 2.45. The summed E-state index contributed by atoms with van der Waals surface area (Å²) in [5.74, 6) is 0. The van der Waals surface area contributed by atoms with Crippen LogP contribution < -0.4 is 0 Å². The second-order valence-corrected chi connectivity index (χ2v) is 3.83. The monoisotopic (exact) mass is 212 g/mol. The lowest BCUT2D eigenvalue weighted by atomic mass is 10.1. The standard InChI is InChI=1S/C12H20O3/c1-2-3-7-10-14-12(13)15-11-8-5-4-6-9-11/h4-5,11H,2-3,6-10H2,1H3. The minimum atomic E-state index is -0.508. The van der Waals surface area contributed by atoms with Gasteiger partial charge in [-0.3, -0.25) is 0 Å².